The number of nitrogens with zero attached hydrogens (tertiary/aromatic N) is 3. The maximum atomic E-state index is 13.1. The van der Waals surface area contributed by atoms with E-state index in [1.165, 1.54) is 22.6 Å². The number of nitrogens with one attached hydrogen (secondary N) is 1. The van der Waals surface area contributed by atoms with E-state index in [1.807, 2.05) is 28.8 Å². The van der Waals surface area contributed by atoms with E-state index in [4.69, 9.17) is 9.47 Å². The number of rotatable bonds is 11. The van der Waals surface area contributed by atoms with E-state index >= 15 is 0 Å². The number of hydrogen-bond acceptors (Lipinski definition) is 8. The number of benzene rings is 2. The molecule has 11 heteroatoms. The second kappa shape index (κ2) is 13.7. The zero-order valence-corrected chi connectivity index (χ0v) is 23.2. The van der Waals surface area contributed by atoms with Crippen LogP contribution in [-0.4, -0.2) is 78.9 Å². The van der Waals surface area contributed by atoms with Crippen molar-refractivity contribution in [1.82, 2.24) is 15.1 Å². The van der Waals surface area contributed by atoms with Crippen LogP contribution in [-0.2, 0) is 21.9 Å². The van der Waals surface area contributed by atoms with E-state index in [0.29, 0.717) is 31.1 Å². The topological polar surface area (TPSA) is 114 Å². The number of carbonyl (C=O) groups excluding carboxylic acids is 2. The standard InChI is InChI=1S/C28H36N4O6S/c1-30(28(34)38-17-20-3-7-24(8-4-20)32(35)36)15-22-11-12-31(16-22)27(33)26-13-23(14-29-26)19-39-18-21-5-9-25(37-2)10-6-21/h3-10,22-23,26,29H,11-19H2,1-2H3/t22-,23+,26+/m1/s1. The van der Waals surface area contributed by atoms with Crippen molar-refractivity contribution < 1.29 is 24.0 Å². The molecule has 2 aromatic carbocycles. The summed E-state index contributed by atoms with van der Waals surface area (Å²) < 4.78 is 10.6. The van der Waals surface area contributed by atoms with Gasteiger partial charge in [-0.05, 0) is 72.4 Å². The van der Waals surface area contributed by atoms with Crippen LogP contribution >= 0.6 is 11.8 Å². The number of nitro groups is 1. The molecule has 3 atom stereocenters. The molecule has 0 radical (unpaired) electrons. The van der Waals surface area contributed by atoms with Crippen LogP contribution in [0.25, 0.3) is 0 Å². The molecule has 0 unspecified atom stereocenters. The van der Waals surface area contributed by atoms with Crippen LogP contribution in [0.2, 0.25) is 0 Å². The predicted molar refractivity (Wildman–Crippen MR) is 150 cm³/mol. The lowest BCUT2D eigenvalue weighted by molar-refractivity contribution is -0.384. The summed E-state index contributed by atoms with van der Waals surface area (Å²) in [7, 11) is 3.36. The van der Waals surface area contributed by atoms with Crippen molar-refractivity contribution in [3.05, 3.63) is 69.8 Å². The largest absolute Gasteiger partial charge is 0.497 e. The summed E-state index contributed by atoms with van der Waals surface area (Å²) in [5.41, 5.74) is 1.94. The van der Waals surface area contributed by atoms with Crippen molar-refractivity contribution in [2.75, 3.05) is 46.1 Å². The van der Waals surface area contributed by atoms with Crippen molar-refractivity contribution in [3.8, 4) is 5.75 Å². The molecule has 4 rings (SSSR count). The summed E-state index contributed by atoms with van der Waals surface area (Å²) in [5.74, 6) is 3.64. The molecule has 10 nitrogen and oxygen atoms in total. The molecule has 2 saturated heterocycles. The van der Waals surface area contributed by atoms with Gasteiger partial charge in [-0.25, -0.2) is 4.79 Å². The molecule has 2 aliphatic rings. The number of nitro benzene ring substituents is 1. The van der Waals surface area contributed by atoms with Crippen molar-refractivity contribution in [2.45, 2.75) is 31.2 Å². The highest BCUT2D eigenvalue weighted by Gasteiger charge is 2.35. The molecule has 210 valence electrons. The summed E-state index contributed by atoms with van der Waals surface area (Å²) in [4.78, 5) is 39.3. The van der Waals surface area contributed by atoms with Gasteiger partial charge in [-0.15, -0.1) is 0 Å². The normalized spacial score (nSPS) is 20.6. The monoisotopic (exact) mass is 556 g/mol. The smallest absolute Gasteiger partial charge is 0.409 e. The Bertz CT molecular complexity index is 1130. The fourth-order valence-corrected chi connectivity index (χ4v) is 6.16. The molecule has 0 bridgehead atoms. The Hall–Kier alpha value is -3.31. The van der Waals surface area contributed by atoms with Crippen LogP contribution in [0.3, 0.4) is 0 Å². The van der Waals surface area contributed by atoms with Crippen molar-refractivity contribution >= 4 is 29.4 Å². The van der Waals surface area contributed by atoms with Crippen LogP contribution < -0.4 is 10.1 Å². The van der Waals surface area contributed by atoms with E-state index in [1.54, 1.807) is 26.3 Å². The Balaban J connectivity index is 1.14. The van der Waals surface area contributed by atoms with Gasteiger partial charge in [-0.1, -0.05) is 12.1 Å². The summed E-state index contributed by atoms with van der Waals surface area (Å²) in [6.07, 6.45) is 1.25. The molecular weight excluding hydrogens is 520 g/mol. The molecule has 0 spiro atoms. The molecule has 2 fully saturated rings. The highest BCUT2D eigenvalue weighted by Crippen LogP contribution is 2.26. The van der Waals surface area contributed by atoms with Gasteiger partial charge in [0, 0.05) is 44.6 Å². The average molecular weight is 557 g/mol. The lowest BCUT2D eigenvalue weighted by Gasteiger charge is -2.23. The van der Waals surface area contributed by atoms with Crippen molar-refractivity contribution in [2.24, 2.45) is 11.8 Å². The number of ether oxygens (including phenoxy) is 2. The first-order valence-electron chi connectivity index (χ1n) is 13.2. The van der Waals surface area contributed by atoms with Gasteiger partial charge in [0.05, 0.1) is 18.1 Å². The third kappa shape index (κ3) is 8.09. The molecule has 39 heavy (non-hydrogen) atoms. The number of non-ortho nitro benzene ring substituents is 1. The van der Waals surface area contributed by atoms with E-state index in [2.05, 4.69) is 17.4 Å². The molecule has 2 aromatic rings. The Morgan fingerprint density at radius 2 is 1.85 bits per heavy atom. The fourth-order valence-electron chi connectivity index (χ4n) is 5.02. The predicted octanol–water partition coefficient (Wildman–Crippen LogP) is 3.93. The molecule has 0 aromatic heterocycles. The van der Waals surface area contributed by atoms with Gasteiger partial charge in [0.2, 0.25) is 5.91 Å². The lowest BCUT2D eigenvalue weighted by atomic mass is 10.1. The third-order valence-electron chi connectivity index (χ3n) is 7.25. The Morgan fingerprint density at radius 3 is 2.54 bits per heavy atom. The fraction of sp³-hybridized carbons (Fsp3) is 0.500. The van der Waals surface area contributed by atoms with Gasteiger partial charge in [-0.3, -0.25) is 14.9 Å². The molecular formula is C28H36N4O6S. The Morgan fingerprint density at radius 1 is 1.13 bits per heavy atom. The highest BCUT2D eigenvalue weighted by atomic mass is 32.2. The molecule has 2 heterocycles. The minimum absolute atomic E-state index is 0.00512. The molecule has 1 N–H and O–H groups in total. The molecule has 0 aliphatic carbocycles. The summed E-state index contributed by atoms with van der Waals surface area (Å²) in [5, 5.41) is 14.2. The minimum Gasteiger partial charge on any atom is -0.497 e. The van der Waals surface area contributed by atoms with Gasteiger partial charge in [0.15, 0.2) is 0 Å². The number of amides is 2. The number of thioether (sulfide) groups is 1. The average Bonchev–Trinajstić information content (AvgIpc) is 3.62. The second-order valence-electron chi connectivity index (χ2n) is 10.2. The van der Waals surface area contributed by atoms with Gasteiger partial charge in [0.1, 0.15) is 12.4 Å². The molecule has 2 aliphatic heterocycles. The SMILES string of the molecule is COc1ccc(CSC[C@@H]2CN[C@H](C(=O)N3CC[C@H](CN(C)C(=O)OCc4ccc([N+](=O)[O-])cc4)C3)C2)cc1. The first-order valence-corrected chi connectivity index (χ1v) is 14.3. The van der Waals surface area contributed by atoms with Crippen LogP contribution in [0.15, 0.2) is 48.5 Å². The van der Waals surface area contributed by atoms with Crippen LogP contribution in [0, 0.1) is 22.0 Å². The Kier molecular flexibility index (Phi) is 10.0. The van der Waals surface area contributed by atoms with E-state index in [0.717, 1.165) is 36.6 Å². The second-order valence-corrected chi connectivity index (χ2v) is 11.3. The van der Waals surface area contributed by atoms with Gasteiger partial charge in [0.25, 0.3) is 5.69 Å². The van der Waals surface area contributed by atoms with Crippen molar-refractivity contribution in [3.63, 3.8) is 0 Å². The highest BCUT2D eigenvalue weighted by molar-refractivity contribution is 7.98. The lowest BCUT2D eigenvalue weighted by Crippen LogP contribution is -2.43. The first kappa shape index (κ1) is 28.7. The van der Waals surface area contributed by atoms with Gasteiger partial charge < -0.3 is 24.6 Å². The van der Waals surface area contributed by atoms with E-state index in [9.17, 15) is 19.7 Å². The Labute approximate surface area is 233 Å². The number of hydrogen-bond donors (Lipinski definition) is 1. The first-order chi connectivity index (χ1) is 18.8. The summed E-state index contributed by atoms with van der Waals surface area (Å²) in [6.45, 7) is 2.74. The molecule has 0 saturated carbocycles. The summed E-state index contributed by atoms with van der Waals surface area (Å²) in [6, 6.07) is 13.9. The zero-order valence-electron chi connectivity index (χ0n) is 22.4. The van der Waals surface area contributed by atoms with Gasteiger partial charge in [-0.2, -0.15) is 11.8 Å². The quantitative estimate of drug-likeness (QED) is 0.327. The van der Waals surface area contributed by atoms with Crippen LogP contribution in [0.1, 0.15) is 24.0 Å². The van der Waals surface area contributed by atoms with E-state index < -0.39 is 11.0 Å². The number of likely N-dealkylation sites (tertiary alicyclic amines) is 1. The third-order valence-corrected chi connectivity index (χ3v) is 8.50. The summed E-state index contributed by atoms with van der Waals surface area (Å²) >= 11 is 1.90. The zero-order chi connectivity index (χ0) is 27.8. The number of carbonyl (C=O) groups is 2. The number of methoxy groups -OCH3 is 1. The van der Waals surface area contributed by atoms with E-state index in [-0.39, 0.29) is 30.2 Å². The maximum Gasteiger partial charge on any atom is 0.409 e. The van der Waals surface area contributed by atoms with Crippen molar-refractivity contribution in [1.29, 1.82) is 0 Å². The van der Waals surface area contributed by atoms with Crippen LogP contribution in [0.4, 0.5) is 10.5 Å². The molecule has 2 amide bonds. The van der Waals surface area contributed by atoms with Crippen LogP contribution in [0.5, 0.6) is 5.75 Å². The minimum atomic E-state index is -0.467. The van der Waals surface area contributed by atoms with Gasteiger partial charge >= 0.3 is 6.09 Å². The maximum absolute atomic E-state index is 13.1.